The second-order valence-electron chi connectivity index (χ2n) is 3.65. The van der Waals surface area contributed by atoms with E-state index in [1.165, 1.54) is 0 Å². The Hall–Kier alpha value is -1.39. The van der Waals surface area contributed by atoms with Crippen LogP contribution in [0.2, 0.25) is 0 Å². The Morgan fingerprint density at radius 3 is 2.88 bits per heavy atom. The zero-order valence-electron chi connectivity index (χ0n) is 10.2. The maximum Gasteiger partial charge on any atom is 0.251 e. The third-order valence-corrected chi connectivity index (χ3v) is 2.41. The molecule has 0 aliphatic rings. The van der Waals surface area contributed by atoms with Gasteiger partial charge in [-0.1, -0.05) is 18.2 Å². The van der Waals surface area contributed by atoms with Crippen LogP contribution in [0.5, 0.6) is 0 Å². The summed E-state index contributed by atoms with van der Waals surface area (Å²) in [6, 6.07) is 7.53. The molecule has 0 radical (unpaired) electrons. The van der Waals surface area contributed by atoms with E-state index in [4.69, 9.17) is 10.5 Å². The molecule has 1 rings (SSSR count). The van der Waals surface area contributed by atoms with Gasteiger partial charge in [0.15, 0.2) is 0 Å². The predicted octanol–water partition coefficient (Wildman–Crippen LogP) is 0.954. The zero-order chi connectivity index (χ0) is 12.5. The van der Waals surface area contributed by atoms with Gasteiger partial charge >= 0.3 is 0 Å². The van der Waals surface area contributed by atoms with Crippen LogP contribution in [0.15, 0.2) is 24.3 Å². The van der Waals surface area contributed by atoms with E-state index in [1.54, 1.807) is 0 Å². The third kappa shape index (κ3) is 4.54. The van der Waals surface area contributed by atoms with Crippen LogP contribution in [0.1, 0.15) is 22.8 Å². The Morgan fingerprint density at radius 1 is 1.41 bits per heavy atom. The van der Waals surface area contributed by atoms with Crippen molar-refractivity contribution in [2.75, 3.05) is 26.3 Å². The van der Waals surface area contributed by atoms with Gasteiger partial charge in [0, 0.05) is 18.7 Å². The first-order chi connectivity index (χ1) is 8.29. The minimum absolute atomic E-state index is 0.0613. The molecule has 1 aromatic rings. The SMILES string of the molecule is CCOCCNC(=O)c1ccccc1CCN. The van der Waals surface area contributed by atoms with Crippen LogP contribution in [0.25, 0.3) is 0 Å². The van der Waals surface area contributed by atoms with Crippen molar-refractivity contribution in [2.24, 2.45) is 5.73 Å². The second kappa shape index (κ2) is 7.81. The molecule has 0 aliphatic heterocycles. The average Bonchev–Trinajstić information content (AvgIpc) is 2.35. The third-order valence-electron chi connectivity index (χ3n) is 2.41. The van der Waals surface area contributed by atoms with Gasteiger partial charge in [-0.15, -0.1) is 0 Å². The number of benzene rings is 1. The molecular formula is C13H20N2O2. The van der Waals surface area contributed by atoms with Gasteiger partial charge in [0.2, 0.25) is 0 Å². The highest BCUT2D eigenvalue weighted by Crippen LogP contribution is 2.08. The first kappa shape index (κ1) is 13.7. The highest BCUT2D eigenvalue weighted by molar-refractivity contribution is 5.95. The van der Waals surface area contributed by atoms with Gasteiger partial charge < -0.3 is 15.8 Å². The Morgan fingerprint density at radius 2 is 2.18 bits per heavy atom. The molecule has 1 amide bonds. The molecule has 0 atom stereocenters. The summed E-state index contributed by atoms with van der Waals surface area (Å²) in [5.41, 5.74) is 7.21. The van der Waals surface area contributed by atoms with Gasteiger partial charge in [0.1, 0.15) is 0 Å². The van der Waals surface area contributed by atoms with Crippen LogP contribution >= 0.6 is 0 Å². The van der Waals surface area contributed by atoms with Crippen molar-refractivity contribution in [1.82, 2.24) is 5.32 Å². The molecule has 0 bridgehead atoms. The lowest BCUT2D eigenvalue weighted by Gasteiger charge is -2.09. The largest absolute Gasteiger partial charge is 0.380 e. The number of nitrogens with one attached hydrogen (secondary N) is 1. The number of ether oxygens (including phenoxy) is 1. The highest BCUT2D eigenvalue weighted by atomic mass is 16.5. The lowest BCUT2D eigenvalue weighted by Crippen LogP contribution is -2.28. The van der Waals surface area contributed by atoms with E-state index in [2.05, 4.69) is 5.32 Å². The molecular weight excluding hydrogens is 216 g/mol. The number of hydrogen-bond donors (Lipinski definition) is 2. The summed E-state index contributed by atoms with van der Waals surface area (Å²) in [5, 5.41) is 2.83. The van der Waals surface area contributed by atoms with Crippen LogP contribution in [0.3, 0.4) is 0 Å². The van der Waals surface area contributed by atoms with Gasteiger partial charge in [-0.05, 0) is 31.5 Å². The molecule has 17 heavy (non-hydrogen) atoms. The maximum atomic E-state index is 11.9. The molecule has 94 valence electrons. The molecule has 0 saturated heterocycles. The fraction of sp³-hybridized carbons (Fsp3) is 0.462. The average molecular weight is 236 g/mol. The van der Waals surface area contributed by atoms with E-state index < -0.39 is 0 Å². The topological polar surface area (TPSA) is 64.3 Å². The smallest absolute Gasteiger partial charge is 0.251 e. The van der Waals surface area contributed by atoms with Gasteiger partial charge in [-0.3, -0.25) is 4.79 Å². The fourth-order valence-corrected chi connectivity index (χ4v) is 1.59. The minimum Gasteiger partial charge on any atom is -0.380 e. The highest BCUT2D eigenvalue weighted by Gasteiger charge is 2.09. The van der Waals surface area contributed by atoms with Gasteiger partial charge in [0.25, 0.3) is 5.91 Å². The number of nitrogens with two attached hydrogens (primary N) is 1. The van der Waals surface area contributed by atoms with E-state index in [9.17, 15) is 4.79 Å². The number of carbonyl (C=O) groups excluding carboxylic acids is 1. The van der Waals surface area contributed by atoms with E-state index >= 15 is 0 Å². The Labute approximate surface area is 102 Å². The van der Waals surface area contributed by atoms with Crippen molar-refractivity contribution < 1.29 is 9.53 Å². The van der Waals surface area contributed by atoms with Crippen molar-refractivity contribution in [3.63, 3.8) is 0 Å². The summed E-state index contributed by atoms with van der Waals surface area (Å²) < 4.78 is 5.16. The number of amides is 1. The van der Waals surface area contributed by atoms with Crippen molar-refractivity contribution in [1.29, 1.82) is 0 Å². The summed E-state index contributed by atoms with van der Waals surface area (Å²) in [6.07, 6.45) is 0.717. The second-order valence-corrected chi connectivity index (χ2v) is 3.65. The van der Waals surface area contributed by atoms with Gasteiger partial charge in [-0.25, -0.2) is 0 Å². The summed E-state index contributed by atoms with van der Waals surface area (Å²) in [6.45, 7) is 4.21. The van der Waals surface area contributed by atoms with Gasteiger partial charge in [-0.2, -0.15) is 0 Å². The van der Waals surface area contributed by atoms with E-state index in [-0.39, 0.29) is 5.91 Å². The molecule has 0 aliphatic carbocycles. The van der Waals surface area contributed by atoms with Crippen molar-refractivity contribution >= 4 is 5.91 Å². The minimum atomic E-state index is -0.0613. The normalized spacial score (nSPS) is 10.2. The first-order valence-electron chi connectivity index (χ1n) is 5.93. The molecule has 0 fully saturated rings. The fourth-order valence-electron chi connectivity index (χ4n) is 1.59. The molecule has 0 heterocycles. The summed E-state index contributed by atoms with van der Waals surface area (Å²) in [5.74, 6) is -0.0613. The Bertz CT molecular complexity index is 353. The van der Waals surface area contributed by atoms with Crippen LogP contribution in [0.4, 0.5) is 0 Å². The summed E-state index contributed by atoms with van der Waals surface area (Å²) >= 11 is 0. The van der Waals surface area contributed by atoms with Crippen LogP contribution in [-0.4, -0.2) is 32.2 Å². The number of rotatable bonds is 7. The molecule has 1 aromatic carbocycles. The van der Waals surface area contributed by atoms with Crippen molar-refractivity contribution in [3.8, 4) is 0 Å². The van der Waals surface area contributed by atoms with Crippen LogP contribution in [-0.2, 0) is 11.2 Å². The molecule has 0 unspecified atom stereocenters. The van der Waals surface area contributed by atoms with Crippen LogP contribution < -0.4 is 11.1 Å². The standard InChI is InChI=1S/C13H20N2O2/c1-2-17-10-9-15-13(16)12-6-4-3-5-11(12)7-8-14/h3-6H,2,7-10,14H2,1H3,(H,15,16). The number of carbonyl (C=O) groups is 1. The lowest BCUT2D eigenvalue weighted by atomic mass is 10.0. The molecule has 0 saturated carbocycles. The molecule has 0 spiro atoms. The Balaban J connectivity index is 2.55. The van der Waals surface area contributed by atoms with Gasteiger partial charge in [0.05, 0.1) is 6.61 Å². The number of hydrogen-bond acceptors (Lipinski definition) is 3. The summed E-state index contributed by atoms with van der Waals surface area (Å²) in [4.78, 5) is 11.9. The molecule has 4 nitrogen and oxygen atoms in total. The maximum absolute atomic E-state index is 11.9. The zero-order valence-corrected chi connectivity index (χ0v) is 10.2. The van der Waals surface area contributed by atoms with E-state index in [0.717, 1.165) is 12.0 Å². The lowest BCUT2D eigenvalue weighted by molar-refractivity contribution is 0.0921. The quantitative estimate of drug-likeness (QED) is 0.693. The van der Waals surface area contributed by atoms with E-state index in [1.807, 2.05) is 31.2 Å². The van der Waals surface area contributed by atoms with Crippen molar-refractivity contribution in [3.05, 3.63) is 35.4 Å². The Kier molecular flexibility index (Phi) is 6.29. The molecule has 0 aromatic heterocycles. The molecule has 3 N–H and O–H groups in total. The summed E-state index contributed by atoms with van der Waals surface area (Å²) in [7, 11) is 0. The first-order valence-corrected chi connectivity index (χ1v) is 5.93. The molecule has 4 heteroatoms. The van der Waals surface area contributed by atoms with Crippen molar-refractivity contribution in [2.45, 2.75) is 13.3 Å². The predicted molar refractivity (Wildman–Crippen MR) is 68.0 cm³/mol. The van der Waals surface area contributed by atoms with Crippen LogP contribution in [0, 0.1) is 0 Å². The van der Waals surface area contributed by atoms with E-state index in [0.29, 0.717) is 31.9 Å². The monoisotopic (exact) mass is 236 g/mol.